The SMILES string of the molecule is CC1CN=NN1Cc1cccc(C(C)(C)C#N)n1. The van der Waals surface area contributed by atoms with Crippen molar-refractivity contribution in [1.82, 2.24) is 9.99 Å². The summed E-state index contributed by atoms with van der Waals surface area (Å²) in [6.07, 6.45) is 0. The third kappa shape index (κ3) is 2.48. The van der Waals surface area contributed by atoms with Crippen LogP contribution in [0.1, 0.15) is 32.2 Å². The second-order valence-corrected chi connectivity index (χ2v) is 5.11. The Balaban J connectivity index is 2.18. The Morgan fingerprint density at radius 2 is 2.28 bits per heavy atom. The van der Waals surface area contributed by atoms with Crippen LogP contribution in [0.5, 0.6) is 0 Å². The Morgan fingerprint density at radius 3 is 2.89 bits per heavy atom. The average Bonchev–Trinajstić information content (AvgIpc) is 2.75. The van der Waals surface area contributed by atoms with Crippen LogP contribution in [0.25, 0.3) is 0 Å². The summed E-state index contributed by atoms with van der Waals surface area (Å²) in [6, 6.07) is 8.37. The predicted molar refractivity (Wildman–Crippen MR) is 67.6 cm³/mol. The molecule has 2 heterocycles. The van der Waals surface area contributed by atoms with Gasteiger partial charge in [0.25, 0.3) is 0 Å². The molecule has 1 aliphatic heterocycles. The maximum atomic E-state index is 9.13. The highest BCUT2D eigenvalue weighted by Gasteiger charge is 2.23. The number of hydrogen-bond donors (Lipinski definition) is 0. The first-order valence-electron chi connectivity index (χ1n) is 6.04. The van der Waals surface area contributed by atoms with Crippen LogP contribution >= 0.6 is 0 Å². The van der Waals surface area contributed by atoms with E-state index in [0.717, 1.165) is 17.9 Å². The molecule has 0 bridgehead atoms. The van der Waals surface area contributed by atoms with E-state index in [2.05, 4.69) is 28.3 Å². The molecule has 0 aromatic carbocycles. The lowest BCUT2D eigenvalue weighted by atomic mass is 9.91. The molecule has 0 spiro atoms. The second-order valence-electron chi connectivity index (χ2n) is 5.11. The minimum absolute atomic E-state index is 0.319. The van der Waals surface area contributed by atoms with Gasteiger partial charge < -0.3 is 0 Å². The molecule has 0 saturated carbocycles. The molecule has 0 fully saturated rings. The van der Waals surface area contributed by atoms with Crippen molar-refractivity contribution < 1.29 is 0 Å². The van der Waals surface area contributed by atoms with Gasteiger partial charge in [-0.3, -0.25) is 9.99 Å². The Kier molecular flexibility index (Phi) is 3.28. The molecule has 5 nitrogen and oxygen atoms in total. The van der Waals surface area contributed by atoms with E-state index in [1.807, 2.05) is 37.1 Å². The molecular formula is C13H17N5. The molecule has 5 heteroatoms. The maximum absolute atomic E-state index is 9.13. The number of pyridine rings is 1. The molecule has 18 heavy (non-hydrogen) atoms. The van der Waals surface area contributed by atoms with Crippen molar-refractivity contribution >= 4 is 0 Å². The summed E-state index contributed by atoms with van der Waals surface area (Å²) in [6.45, 7) is 7.21. The molecule has 1 aromatic heterocycles. The van der Waals surface area contributed by atoms with Crippen molar-refractivity contribution in [2.75, 3.05) is 6.54 Å². The molecule has 0 aliphatic carbocycles. The van der Waals surface area contributed by atoms with Crippen LogP contribution in [0.3, 0.4) is 0 Å². The minimum Gasteiger partial charge on any atom is -0.268 e. The Bertz CT molecular complexity index is 500. The first-order chi connectivity index (χ1) is 8.53. The fraction of sp³-hybridized carbons (Fsp3) is 0.538. The van der Waals surface area contributed by atoms with Crippen molar-refractivity contribution in [2.24, 2.45) is 10.3 Å². The lowest BCUT2D eigenvalue weighted by Gasteiger charge is -2.19. The molecule has 1 aliphatic rings. The Hall–Kier alpha value is -1.96. The summed E-state index contributed by atoms with van der Waals surface area (Å²) in [5.41, 5.74) is 1.16. The molecule has 1 aromatic rings. The zero-order chi connectivity index (χ0) is 13.2. The number of aromatic nitrogens is 1. The number of nitrogens with zero attached hydrogens (tertiary/aromatic N) is 5. The fourth-order valence-corrected chi connectivity index (χ4v) is 1.74. The summed E-state index contributed by atoms with van der Waals surface area (Å²) in [7, 11) is 0. The molecule has 1 unspecified atom stereocenters. The highest BCUT2D eigenvalue weighted by molar-refractivity contribution is 5.25. The first-order valence-corrected chi connectivity index (χ1v) is 6.04. The summed E-state index contributed by atoms with van der Waals surface area (Å²) in [5, 5.41) is 19.1. The lowest BCUT2D eigenvalue weighted by molar-refractivity contribution is 0.239. The van der Waals surface area contributed by atoms with Crippen LogP contribution in [-0.2, 0) is 12.0 Å². The van der Waals surface area contributed by atoms with Crippen molar-refractivity contribution in [3.63, 3.8) is 0 Å². The molecular weight excluding hydrogens is 226 g/mol. The van der Waals surface area contributed by atoms with E-state index in [4.69, 9.17) is 5.26 Å². The van der Waals surface area contributed by atoms with E-state index < -0.39 is 5.41 Å². The van der Waals surface area contributed by atoms with E-state index in [1.54, 1.807) is 0 Å². The van der Waals surface area contributed by atoms with E-state index in [1.165, 1.54) is 0 Å². The van der Waals surface area contributed by atoms with Crippen molar-refractivity contribution in [2.45, 2.75) is 38.8 Å². The molecule has 2 rings (SSSR count). The number of hydrogen-bond acceptors (Lipinski definition) is 5. The summed E-state index contributed by atoms with van der Waals surface area (Å²) >= 11 is 0. The van der Waals surface area contributed by atoms with Crippen LogP contribution in [0, 0.1) is 11.3 Å². The number of nitriles is 1. The third-order valence-electron chi connectivity index (χ3n) is 3.08. The quantitative estimate of drug-likeness (QED) is 0.819. The standard InChI is InChI=1S/C13H17N5/c1-10-7-15-17-18(10)8-11-5-4-6-12(16-11)13(2,3)9-14/h4-6,10H,7-8H2,1-3H3. The predicted octanol–water partition coefficient (Wildman–Crippen LogP) is 2.45. The molecule has 0 N–H and O–H groups in total. The highest BCUT2D eigenvalue weighted by Crippen LogP contribution is 2.21. The topological polar surface area (TPSA) is 64.6 Å². The van der Waals surface area contributed by atoms with Crippen LogP contribution in [0.2, 0.25) is 0 Å². The first kappa shape index (κ1) is 12.5. The van der Waals surface area contributed by atoms with Crippen LogP contribution in [0.4, 0.5) is 0 Å². The van der Waals surface area contributed by atoms with E-state index in [0.29, 0.717) is 12.6 Å². The van der Waals surface area contributed by atoms with Gasteiger partial charge in [0.15, 0.2) is 0 Å². The monoisotopic (exact) mass is 243 g/mol. The van der Waals surface area contributed by atoms with Crippen LogP contribution in [0.15, 0.2) is 28.5 Å². The van der Waals surface area contributed by atoms with Crippen molar-refractivity contribution in [3.8, 4) is 6.07 Å². The van der Waals surface area contributed by atoms with Crippen LogP contribution in [-0.4, -0.2) is 22.6 Å². The summed E-state index contributed by atoms with van der Waals surface area (Å²) in [5.74, 6) is 0. The van der Waals surface area contributed by atoms with Gasteiger partial charge in [-0.25, -0.2) is 0 Å². The normalized spacial score (nSPS) is 19.0. The average molecular weight is 243 g/mol. The van der Waals surface area contributed by atoms with Gasteiger partial charge in [-0.1, -0.05) is 11.3 Å². The van der Waals surface area contributed by atoms with E-state index in [9.17, 15) is 0 Å². The molecule has 94 valence electrons. The summed E-state index contributed by atoms with van der Waals surface area (Å²) < 4.78 is 0. The van der Waals surface area contributed by atoms with E-state index >= 15 is 0 Å². The Morgan fingerprint density at radius 1 is 1.50 bits per heavy atom. The van der Waals surface area contributed by atoms with Gasteiger partial charge >= 0.3 is 0 Å². The van der Waals surface area contributed by atoms with Gasteiger partial charge in [0.05, 0.1) is 42.0 Å². The highest BCUT2D eigenvalue weighted by atomic mass is 15.6. The van der Waals surface area contributed by atoms with Gasteiger partial charge in [-0.2, -0.15) is 10.4 Å². The summed E-state index contributed by atoms with van der Waals surface area (Å²) in [4.78, 5) is 4.55. The van der Waals surface area contributed by atoms with E-state index in [-0.39, 0.29) is 0 Å². The molecule has 0 amide bonds. The van der Waals surface area contributed by atoms with Gasteiger partial charge in [-0.05, 0) is 32.9 Å². The zero-order valence-corrected chi connectivity index (χ0v) is 11.0. The molecule has 1 atom stereocenters. The largest absolute Gasteiger partial charge is 0.268 e. The lowest BCUT2D eigenvalue weighted by Crippen LogP contribution is -2.26. The van der Waals surface area contributed by atoms with Gasteiger partial charge in [-0.15, -0.1) is 0 Å². The third-order valence-corrected chi connectivity index (χ3v) is 3.08. The molecule has 0 saturated heterocycles. The molecule has 0 radical (unpaired) electrons. The smallest absolute Gasteiger partial charge is 0.0937 e. The fourth-order valence-electron chi connectivity index (χ4n) is 1.74. The van der Waals surface area contributed by atoms with Gasteiger partial charge in [0.2, 0.25) is 0 Å². The van der Waals surface area contributed by atoms with Crippen molar-refractivity contribution in [1.29, 1.82) is 5.26 Å². The van der Waals surface area contributed by atoms with Crippen molar-refractivity contribution in [3.05, 3.63) is 29.6 Å². The number of rotatable bonds is 3. The zero-order valence-electron chi connectivity index (χ0n) is 11.0. The van der Waals surface area contributed by atoms with Gasteiger partial charge in [0.1, 0.15) is 0 Å². The van der Waals surface area contributed by atoms with Crippen LogP contribution < -0.4 is 0 Å². The maximum Gasteiger partial charge on any atom is 0.0937 e. The minimum atomic E-state index is -0.561. The van der Waals surface area contributed by atoms with Gasteiger partial charge in [0, 0.05) is 0 Å². The second kappa shape index (κ2) is 4.73. The Labute approximate surface area is 107 Å².